The zero-order valence-corrected chi connectivity index (χ0v) is 14.4. The molecule has 0 bridgehead atoms. The van der Waals surface area contributed by atoms with E-state index in [9.17, 15) is 9.59 Å². The standard InChI is InChI=1S/C16H28O8/c1-15(7-13(17)18)9-21-3-5-23-11-16(2,8-14(19)20)12-24-6-4-22-10-15/h3-12H2,1-2H3,(H,17,18)(H,19,20). The Kier molecular flexibility index (Phi) is 8.61. The normalized spacial score (nSPS) is 31.1. The number of carboxylic acids is 2. The van der Waals surface area contributed by atoms with Crippen LogP contribution >= 0.6 is 0 Å². The number of ether oxygens (including phenoxy) is 4. The Hall–Kier alpha value is -1.22. The number of hydrogen-bond donors (Lipinski definition) is 2. The highest BCUT2D eigenvalue weighted by molar-refractivity contribution is 5.68. The van der Waals surface area contributed by atoms with Gasteiger partial charge in [-0.25, -0.2) is 0 Å². The van der Waals surface area contributed by atoms with Crippen LogP contribution < -0.4 is 0 Å². The van der Waals surface area contributed by atoms with E-state index in [2.05, 4.69) is 0 Å². The fourth-order valence-electron chi connectivity index (χ4n) is 2.53. The second-order valence-electron chi connectivity index (χ2n) is 6.97. The van der Waals surface area contributed by atoms with E-state index in [0.717, 1.165) is 0 Å². The molecule has 0 aromatic rings. The van der Waals surface area contributed by atoms with Crippen molar-refractivity contribution >= 4 is 11.9 Å². The van der Waals surface area contributed by atoms with Gasteiger partial charge >= 0.3 is 11.9 Å². The summed E-state index contributed by atoms with van der Waals surface area (Å²) in [4.78, 5) is 22.0. The van der Waals surface area contributed by atoms with Crippen LogP contribution in [0.25, 0.3) is 0 Å². The lowest BCUT2D eigenvalue weighted by Gasteiger charge is -2.30. The molecular formula is C16H28O8. The predicted octanol–water partition coefficient (Wildman–Crippen LogP) is 1.03. The molecule has 2 N–H and O–H groups in total. The first-order valence-electron chi connectivity index (χ1n) is 7.99. The van der Waals surface area contributed by atoms with Crippen molar-refractivity contribution in [1.29, 1.82) is 0 Å². The Morgan fingerprint density at radius 2 is 0.958 bits per heavy atom. The first-order valence-corrected chi connectivity index (χ1v) is 7.99. The van der Waals surface area contributed by atoms with Gasteiger partial charge in [0.25, 0.3) is 0 Å². The van der Waals surface area contributed by atoms with E-state index in [-0.39, 0.29) is 39.3 Å². The smallest absolute Gasteiger partial charge is 0.304 e. The molecule has 0 atom stereocenters. The Labute approximate surface area is 142 Å². The maximum atomic E-state index is 11.0. The van der Waals surface area contributed by atoms with Crippen LogP contribution in [0.2, 0.25) is 0 Å². The highest BCUT2D eigenvalue weighted by Gasteiger charge is 2.30. The number of carboxylic acid groups (broad SMARTS) is 2. The van der Waals surface area contributed by atoms with E-state index in [4.69, 9.17) is 29.2 Å². The molecule has 0 aromatic heterocycles. The van der Waals surface area contributed by atoms with E-state index in [0.29, 0.717) is 26.4 Å². The van der Waals surface area contributed by atoms with Crippen LogP contribution in [0.3, 0.4) is 0 Å². The lowest BCUT2D eigenvalue weighted by molar-refractivity contribution is -0.146. The second-order valence-corrected chi connectivity index (χ2v) is 6.97. The fraction of sp³-hybridized carbons (Fsp3) is 0.875. The van der Waals surface area contributed by atoms with Crippen LogP contribution in [-0.2, 0) is 28.5 Å². The summed E-state index contributed by atoms with van der Waals surface area (Å²) in [6, 6.07) is 0. The van der Waals surface area contributed by atoms with E-state index in [1.807, 2.05) is 0 Å². The van der Waals surface area contributed by atoms with Crippen molar-refractivity contribution in [3.63, 3.8) is 0 Å². The summed E-state index contributed by atoms with van der Waals surface area (Å²) in [6.07, 6.45) is -0.100. The van der Waals surface area contributed by atoms with Gasteiger partial charge in [0.15, 0.2) is 0 Å². The van der Waals surface area contributed by atoms with Crippen LogP contribution in [0.4, 0.5) is 0 Å². The zero-order valence-electron chi connectivity index (χ0n) is 14.4. The molecule has 0 radical (unpaired) electrons. The van der Waals surface area contributed by atoms with Gasteiger partial charge < -0.3 is 29.2 Å². The molecule has 0 unspecified atom stereocenters. The van der Waals surface area contributed by atoms with Crippen LogP contribution in [0.15, 0.2) is 0 Å². The van der Waals surface area contributed by atoms with E-state index in [1.54, 1.807) is 13.8 Å². The maximum Gasteiger partial charge on any atom is 0.304 e. The Morgan fingerprint density at radius 3 is 1.17 bits per heavy atom. The monoisotopic (exact) mass is 348 g/mol. The molecule has 1 aliphatic heterocycles. The number of aliphatic carboxylic acids is 2. The molecule has 0 spiro atoms. The van der Waals surface area contributed by atoms with Crippen molar-refractivity contribution < 1.29 is 38.7 Å². The van der Waals surface area contributed by atoms with Crippen LogP contribution in [0.5, 0.6) is 0 Å². The van der Waals surface area contributed by atoms with Crippen LogP contribution in [-0.4, -0.2) is 75.0 Å². The predicted molar refractivity (Wildman–Crippen MR) is 84.0 cm³/mol. The minimum absolute atomic E-state index is 0.0502. The van der Waals surface area contributed by atoms with Gasteiger partial charge in [0.1, 0.15) is 0 Å². The van der Waals surface area contributed by atoms with Crippen LogP contribution in [0, 0.1) is 10.8 Å². The molecule has 0 aliphatic carbocycles. The fourth-order valence-corrected chi connectivity index (χ4v) is 2.53. The number of hydrogen-bond acceptors (Lipinski definition) is 6. The highest BCUT2D eigenvalue weighted by atomic mass is 16.5. The van der Waals surface area contributed by atoms with Crippen molar-refractivity contribution in [1.82, 2.24) is 0 Å². The summed E-state index contributed by atoms with van der Waals surface area (Å²) < 4.78 is 22.1. The molecule has 24 heavy (non-hydrogen) atoms. The molecule has 0 saturated carbocycles. The summed E-state index contributed by atoms with van der Waals surface area (Å²) in [5.74, 6) is -1.80. The largest absolute Gasteiger partial charge is 0.481 e. The Morgan fingerprint density at radius 1 is 0.708 bits per heavy atom. The third-order valence-corrected chi connectivity index (χ3v) is 3.70. The van der Waals surface area contributed by atoms with Crippen molar-refractivity contribution in [2.75, 3.05) is 52.9 Å². The van der Waals surface area contributed by atoms with Crippen LogP contribution in [0.1, 0.15) is 26.7 Å². The third-order valence-electron chi connectivity index (χ3n) is 3.70. The Bertz CT molecular complexity index is 355. The van der Waals surface area contributed by atoms with Gasteiger partial charge in [0.05, 0.1) is 65.7 Å². The second kappa shape index (κ2) is 9.93. The van der Waals surface area contributed by atoms with Gasteiger partial charge in [-0.2, -0.15) is 0 Å². The van der Waals surface area contributed by atoms with Crippen molar-refractivity contribution in [2.45, 2.75) is 26.7 Å². The lowest BCUT2D eigenvalue weighted by Crippen LogP contribution is -2.35. The van der Waals surface area contributed by atoms with Gasteiger partial charge in [0, 0.05) is 10.8 Å². The highest BCUT2D eigenvalue weighted by Crippen LogP contribution is 2.24. The molecular weight excluding hydrogens is 320 g/mol. The molecule has 1 rings (SSSR count). The SMILES string of the molecule is CC1(CC(=O)O)COCCOCC(C)(CC(=O)O)COCCOC1. The first kappa shape index (κ1) is 20.8. The summed E-state index contributed by atoms with van der Waals surface area (Å²) in [6.45, 7) is 5.81. The van der Waals surface area contributed by atoms with E-state index in [1.165, 1.54) is 0 Å². The first-order chi connectivity index (χ1) is 11.2. The molecule has 0 amide bonds. The maximum absolute atomic E-state index is 11.0. The summed E-state index contributed by atoms with van der Waals surface area (Å²) in [7, 11) is 0. The van der Waals surface area contributed by atoms with Gasteiger partial charge in [-0.1, -0.05) is 13.8 Å². The minimum atomic E-state index is -0.900. The summed E-state index contributed by atoms with van der Waals surface area (Å²) in [5, 5.41) is 18.0. The molecule has 140 valence electrons. The van der Waals surface area contributed by atoms with Gasteiger partial charge in [0.2, 0.25) is 0 Å². The quantitative estimate of drug-likeness (QED) is 0.775. The molecule has 1 fully saturated rings. The summed E-state index contributed by atoms with van der Waals surface area (Å²) >= 11 is 0. The zero-order chi connectivity index (χ0) is 18.1. The summed E-state index contributed by atoms with van der Waals surface area (Å²) in [5.41, 5.74) is -1.23. The molecule has 8 nitrogen and oxygen atoms in total. The van der Waals surface area contributed by atoms with Crippen molar-refractivity contribution in [3.05, 3.63) is 0 Å². The molecule has 1 aliphatic rings. The molecule has 0 aromatic carbocycles. The number of rotatable bonds is 4. The van der Waals surface area contributed by atoms with E-state index < -0.39 is 22.8 Å². The molecule has 1 heterocycles. The third kappa shape index (κ3) is 8.58. The lowest BCUT2D eigenvalue weighted by atomic mass is 9.88. The number of carbonyl (C=O) groups is 2. The molecule has 1 saturated heterocycles. The average molecular weight is 348 g/mol. The topological polar surface area (TPSA) is 112 Å². The average Bonchev–Trinajstić information content (AvgIpc) is 2.44. The van der Waals surface area contributed by atoms with Crippen molar-refractivity contribution in [3.8, 4) is 0 Å². The minimum Gasteiger partial charge on any atom is -0.481 e. The van der Waals surface area contributed by atoms with Gasteiger partial charge in [-0.15, -0.1) is 0 Å². The van der Waals surface area contributed by atoms with Gasteiger partial charge in [-0.3, -0.25) is 9.59 Å². The van der Waals surface area contributed by atoms with E-state index >= 15 is 0 Å². The molecule has 8 heteroatoms. The Balaban J connectivity index is 2.58. The van der Waals surface area contributed by atoms with Gasteiger partial charge in [-0.05, 0) is 0 Å². The van der Waals surface area contributed by atoms with Crippen molar-refractivity contribution in [2.24, 2.45) is 10.8 Å².